The summed E-state index contributed by atoms with van der Waals surface area (Å²) in [6, 6.07) is 3.32. The molecule has 8 nitrogen and oxygen atoms in total. The summed E-state index contributed by atoms with van der Waals surface area (Å²) in [6.45, 7) is 8.50. The van der Waals surface area contributed by atoms with Crippen molar-refractivity contribution in [2.45, 2.75) is 46.6 Å². The number of amides is 5. The molecule has 27 heavy (non-hydrogen) atoms. The number of hydrogen-bond acceptors (Lipinski definition) is 4. The van der Waals surface area contributed by atoms with Crippen LogP contribution in [0.1, 0.15) is 37.0 Å². The van der Waals surface area contributed by atoms with E-state index in [2.05, 4.69) is 16.0 Å². The maximum absolute atomic E-state index is 12.3. The van der Waals surface area contributed by atoms with Gasteiger partial charge < -0.3 is 16.0 Å². The summed E-state index contributed by atoms with van der Waals surface area (Å²) >= 11 is 0. The molecule has 1 heterocycles. The van der Waals surface area contributed by atoms with Gasteiger partial charge in [-0.1, -0.05) is 24.6 Å². The van der Waals surface area contributed by atoms with Gasteiger partial charge >= 0.3 is 6.03 Å². The zero-order chi connectivity index (χ0) is 20.4. The van der Waals surface area contributed by atoms with Crippen molar-refractivity contribution in [3.8, 4) is 0 Å². The van der Waals surface area contributed by atoms with Crippen LogP contribution >= 0.6 is 0 Å². The topological polar surface area (TPSA) is 108 Å². The Labute approximate surface area is 158 Å². The number of carbonyl (C=O) groups excluding carboxylic acids is 4. The number of imide groups is 1. The largest absolute Gasteiger partial charge is 0.345 e. The highest BCUT2D eigenvalue weighted by Crippen LogP contribution is 2.22. The van der Waals surface area contributed by atoms with Crippen LogP contribution in [0.2, 0.25) is 0 Å². The second kappa shape index (κ2) is 7.77. The summed E-state index contributed by atoms with van der Waals surface area (Å²) in [5.41, 5.74) is 2.70. The number of rotatable bonds is 6. The second-order valence-electron chi connectivity index (χ2n) is 7.11. The SMILES string of the molecule is CC[C@@]1(C)NC(=O)N(CC(=O)NCC(=O)Nc2c(C)cc(C)cc2C)C1=O. The Morgan fingerprint density at radius 3 is 2.22 bits per heavy atom. The summed E-state index contributed by atoms with van der Waals surface area (Å²) in [5, 5.41) is 7.80. The maximum atomic E-state index is 12.3. The van der Waals surface area contributed by atoms with E-state index in [0.29, 0.717) is 12.1 Å². The third kappa shape index (κ3) is 4.45. The quantitative estimate of drug-likeness (QED) is 0.654. The molecule has 2 rings (SSSR count). The number of anilines is 1. The summed E-state index contributed by atoms with van der Waals surface area (Å²) < 4.78 is 0. The third-order valence-electron chi connectivity index (χ3n) is 4.74. The van der Waals surface area contributed by atoms with E-state index in [1.165, 1.54) is 0 Å². The smallest absolute Gasteiger partial charge is 0.325 e. The van der Waals surface area contributed by atoms with Crippen molar-refractivity contribution in [3.05, 3.63) is 28.8 Å². The summed E-state index contributed by atoms with van der Waals surface area (Å²) in [7, 11) is 0. The predicted octanol–water partition coefficient (Wildman–Crippen LogP) is 1.39. The molecule has 1 aromatic rings. The Hall–Kier alpha value is -2.90. The van der Waals surface area contributed by atoms with Crippen LogP contribution in [-0.4, -0.2) is 47.3 Å². The van der Waals surface area contributed by atoms with Crippen molar-refractivity contribution in [2.24, 2.45) is 0 Å². The maximum Gasteiger partial charge on any atom is 0.325 e. The fourth-order valence-corrected chi connectivity index (χ4v) is 3.07. The molecule has 0 aliphatic carbocycles. The minimum atomic E-state index is -0.991. The molecule has 5 amide bonds. The lowest BCUT2D eigenvalue weighted by Crippen LogP contribution is -2.45. The van der Waals surface area contributed by atoms with Crippen molar-refractivity contribution < 1.29 is 19.2 Å². The molecule has 0 bridgehead atoms. The van der Waals surface area contributed by atoms with Gasteiger partial charge in [-0.15, -0.1) is 0 Å². The second-order valence-corrected chi connectivity index (χ2v) is 7.11. The minimum absolute atomic E-state index is 0.250. The standard InChI is InChI=1S/C19H26N4O4/c1-6-19(5)17(26)23(18(27)22-19)10-15(25)20-9-14(24)21-16-12(3)7-11(2)8-13(16)4/h7-8H,6,9-10H2,1-5H3,(H,20,25)(H,21,24)(H,22,27)/t19-/m1/s1. The molecular formula is C19H26N4O4. The first kappa shape index (κ1) is 20.4. The molecule has 3 N–H and O–H groups in total. The summed E-state index contributed by atoms with van der Waals surface area (Å²) in [5.74, 6) is -1.40. The average Bonchev–Trinajstić information content (AvgIpc) is 2.80. The van der Waals surface area contributed by atoms with E-state index in [1.807, 2.05) is 32.9 Å². The van der Waals surface area contributed by atoms with Gasteiger partial charge in [0, 0.05) is 5.69 Å². The zero-order valence-corrected chi connectivity index (χ0v) is 16.4. The van der Waals surface area contributed by atoms with Crippen LogP contribution in [0.15, 0.2) is 12.1 Å². The molecule has 0 aromatic heterocycles. The van der Waals surface area contributed by atoms with Gasteiger partial charge in [-0.25, -0.2) is 4.79 Å². The van der Waals surface area contributed by atoms with Gasteiger partial charge in [-0.2, -0.15) is 0 Å². The number of urea groups is 1. The first-order chi connectivity index (χ1) is 12.6. The van der Waals surface area contributed by atoms with Crippen LogP contribution in [-0.2, 0) is 14.4 Å². The molecule has 0 spiro atoms. The molecule has 1 fully saturated rings. The lowest BCUT2D eigenvalue weighted by atomic mass is 9.99. The number of nitrogens with zero attached hydrogens (tertiary/aromatic N) is 1. The Kier molecular flexibility index (Phi) is 5.88. The van der Waals surface area contributed by atoms with Gasteiger partial charge in [0.15, 0.2) is 0 Å². The lowest BCUT2D eigenvalue weighted by Gasteiger charge is -2.19. The summed E-state index contributed by atoms with van der Waals surface area (Å²) in [4.78, 5) is 49.2. The highest BCUT2D eigenvalue weighted by molar-refractivity contribution is 6.09. The van der Waals surface area contributed by atoms with Crippen LogP contribution in [0.4, 0.5) is 10.5 Å². The van der Waals surface area contributed by atoms with E-state index in [4.69, 9.17) is 0 Å². The van der Waals surface area contributed by atoms with Gasteiger partial charge in [-0.3, -0.25) is 19.3 Å². The van der Waals surface area contributed by atoms with Gasteiger partial charge in [-0.05, 0) is 45.2 Å². The molecule has 0 unspecified atom stereocenters. The Balaban J connectivity index is 1.90. The molecule has 1 aromatic carbocycles. The number of hydrogen-bond donors (Lipinski definition) is 3. The third-order valence-corrected chi connectivity index (χ3v) is 4.74. The van der Waals surface area contributed by atoms with Crippen LogP contribution < -0.4 is 16.0 Å². The van der Waals surface area contributed by atoms with Crippen LogP contribution in [0.5, 0.6) is 0 Å². The molecule has 0 radical (unpaired) electrons. The normalized spacial score (nSPS) is 19.1. The molecule has 1 saturated heterocycles. The van der Waals surface area contributed by atoms with Crippen LogP contribution in [0, 0.1) is 20.8 Å². The number of benzene rings is 1. The fraction of sp³-hybridized carbons (Fsp3) is 0.474. The van der Waals surface area contributed by atoms with Crippen molar-refractivity contribution in [2.75, 3.05) is 18.4 Å². The molecule has 1 aliphatic heterocycles. The lowest BCUT2D eigenvalue weighted by molar-refractivity contribution is -0.134. The van der Waals surface area contributed by atoms with Crippen molar-refractivity contribution in [1.82, 2.24) is 15.5 Å². The highest BCUT2D eigenvalue weighted by Gasteiger charge is 2.46. The number of carbonyl (C=O) groups is 4. The fourth-order valence-electron chi connectivity index (χ4n) is 3.07. The van der Waals surface area contributed by atoms with E-state index < -0.39 is 29.9 Å². The predicted molar refractivity (Wildman–Crippen MR) is 101 cm³/mol. The van der Waals surface area contributed by atoms with Gasteiger partial charge in [0.05, 0.1) is 6.54 Å². The monoisotopic (exact) mass is 374 g/mol. The summed E-state index contributed by atoms with van der Waals surface area (Å²) in [6.07, 6.45) is 0.424. The van der Waals surface area contributed by atoms with Gasteiger partial charge in [0.1, 0.15) is 12.1 Å². The number of nitrogens with one attached hydrogen (secondary N) is 3. The number of aryl methyl sites for hydroxylation is 3. The van der Waals surface area contributed by atoms with Gasteiger partial charge in [0.2, 0.25) is 11.8 Å². The van der Waals surface area contributed by atoms with Crippen LogP contribution in [0.3, 0.4) is 0 Å². The van der Waals surface area contributed by atoms with Crippen LogP contribution in [0.25, 0.3) is 0 Å². The Morgan fingerprint density at radius 1 is 1.11 bits per heavy atom. The molecule has 0 saturated carbocycles. The van der Waals surface area contributed by atoms with Crippen molar-refractivity contribution in [1.29, 1.82) is 0 Å². The Bertz CT molecular complexity index is 782. The van der Waals surface area contributed by atoms with Crippen molar-refractivity contribution in [3.63, 3.8) is 0 Å². The van der Waals surface area contributed by atoms with Gasteiger partial charge in [0.25, 0.3) is 5.91 Å². The van der Waals surface area contributed by atoms with E-state index in [-0.39, 0.29) is 12.5 Å². The first-order valence-corrected chi connectivity index (χ1v) is 8.86. The van der Waals surface area contributed by atoms with E-state index >= 15 is 0 Å². The zero-order valence-electron chi connectivity index (χ0n) is 16.4. The molecular weight excluding hydrogens is 348 g/mol. The minimum Gasteiger partial charge on any atom is -0.345 e. The average molecular weight is 374 g/mol. The van der Waals surface area contributed by atoms with E-state index in [0.717, 1.165) is 21.6 Å². The van der Waals surface area contributed by atoms with Crippen molar-refractivity contribution >= 4 is 29.4 Å². The molecule has 1 atom stereocenters. The first-order valence-electron chi connectivity index (χ1n) is 8.86. The molecule has 1 aliphatic rings. The van der Waals surface area contributed by atoms with E-state index in [9.17, 15) is 19.2 Å². The molecule has 146 valence electrons. The van der Waals surface area contributed by atoms with E-state index in [1.54, 1.807) is 13.8 Å². The Morgan fingerprint density at radius 2 is 1.70 bits per heavy atom. The highest BCUT2D eigenvalue weighted by atomic mass is 16.2. The molecule has 8 heteroatoms.